The summed E-state index contributed by atoms with van der Waals surface area (Å²) < 4.78 is 5.90. The molecule has 2 N–H and O–H groups in total. The maximum absolute atomic E-state index is 5.90. The molecular weight excluding hydrogens is 312 g/mol. The van der Waals surface area contributed by atoms with Gasteiger partial charge in [0.1, 0.15) is 0 Å². The van der Waals surface area contributed by atoms with E-state index in [9.17, 15) is 0 Å². The lowest BCUT2D eigenvalue weighted by Gasteiger charge is -2.54. The fourth-order valence-corrected chi connectivity index (χ4v) is 4.64. The Hall–Kier alpha value is -0.810. The molecule has 1 aliphatic carbocycles. The molecule has 0 amide bonds. The van der Waals surface area contributed by atoms with Gasteiger partial charge in [0.15, 0.2) is 5.96 Å². The van der Waals surface area contributed by atoms with E-state index >= 15 is 0 Å². The van der Waals surface area contributed by atoms with Gasteiger partial charge in [-0.2, -0.15) is 0 Å². The Morgan fingerprint density at radius 1 is 1.24 bits per heavy atom. The van der Waals surface area contributed by atoms with Gasteiger partial charge in [-0.05, 0) is 47.5 Å². The van der Waals surface area contributed by atoms with E-state index in [1.54, 1.807) is 0 Å². The van der Waals surface area contributed by atoms with Crippen LogP contribution in [-0.2, 0) is 4.74 Å². The Morgan fingerprint density at radius 2 is 1.92 bits per heavy atom. The first-order valence-corrected chi connectivity index (χ1v) is 10.2. The normalized spacial score (nSPS) is 28.4. The molecule has 0 aromatic rings. The first-order valence-electron chi connectivity index (χ1n) is 10.2. The lowest BCUT2D eigenvalue weighted by molar-refractivity contribution is -0.106. The summed E-state index contributed by atoms with van der Waals surface area (Å²) in [6.45, 7) is 19.6. The van der Waals surface area contributed by atoms with Crippen LogP contribution in [0.5, 0.6) is 0 Å². The molecule has 3 atom stereocenters. The molecule has 1 saturated heterocycles. The maximum atomic E-state index is 5.90. The second kappa shape index (κ2) is 8.72. The SMILES string of the molecule is CCNC(=NCCCN(C(C)C)C(C)C)NC1C2CCOC2C1(C)C. The molecule has 5 nitrogen and oxygen atoms in total. The first-order chi connectivity index (χ1) is 11.8. The number of rotatable bonds is 8. The number of nitrogens with zero attached hydrogens (tertiary/aromatic N) is 2. The highest BCUT2D eigenvalue weighted by Gasteiger charge is 2.59. The summed E-state index contributed by atoms with van der Waals surface area (Å²) in [6, 6.07) is 1.64. The van der Waals surface area contributed by atoms with Crippen LogP contribution in [-0.4, -0.2) is 61.3 Å². The highest BCUT2D eigenvalue weighted by molar-refractivity contribution is 5.80. The number of aliphatic imine (C=N–C) groups is 1. The third-order valence-corrected chi connectivity index (χ3v) is 5.91. The second-order valence-corrected chi connectivity index (χ2v) is 8.73. The van der Waals surface area contributed by atoms with E-state index in [1.165, 1.54) is 6.42 Å². The van der Waals surface area contributed by atoms with Gasteiger partial charge in [0, 0.05) is 55.7 Å². The molecule has 5 heteroatoms. The van der Waals surface area contributed by atoms with Crippen molar-refractivity contribution in [2.24, 2.45) is 16.3 Å². The fraction of sp³-hybridized carbons (Fsp3) is 0.950. The van der Waals surface area contributed by atoms with Gasteiger partial charge in [-0.3, -0.25) is 9.89 Å². The average Bonchev–Trinajstić information content (AvgIpc) is 2.98. The van der Waals surface area contributed by atoms with Crippen molar-refractivity contribution in [2.75, 3.05) is 26.2 Å². The van der Waals surface area contributed by atoms with Crippen LogP contribution in [0, 0.1) is 11.3 Å². The Bertz CT molecular complexity index is 439. The van der Waals surface area contributed by atoms with Crippen LogP contribution in [0.3, 0.4) is 0 Å². The second-order valence-electron chi connectivity index (χ2n) is 8.73. The molecule has 2 fully saturated rings. The fourth-order valence-electron chi connectivity index (χ4n) is 4.64. The lowest BCUT2D eigenvalue weighted by atomic mass is 9.57. The number of hydrogen-bond donors (Lipinski definition) is 2. The van der Waals surface area contributed by atoms with E-state index in [0.29, 0.717) is 30.1 Å². The maximum Gasteiger partial charge on any atom is 0.191 e. The number of hydrogen-bond acceptors (Lipinski definition) is 3. The standard InChI is InChI=1S/C20H40N4O/c1-8-21-19(22-11-9-12-24(14(2)3)15(4)5)23-17-16-10-13-25-18(16)20(17,6)7/h14-18H,8-13H2,1-7H3,(H2,21,22,23). The van der Waals surface area contributed by atoms with Crippen molar-refractivity contribution in [3.63, 3.8) is 0 Å². The van der Waals surface area contributed by atoms with Gasteiger partial charge in [0.05, 0.1) is 6.10 Å². The van der Waals surface area contributed by atoms with Gasteiger partial charge in [-0.15, -0.1) is 0 Å². The Balaban J connectivity index is 1.86. The monoisotopic (exact) mass is 352 g/mol. The van der Waals surface area contributed by atoms with Gasteiger partial charge >= 0.3 is 0 Å². The van der Waals surface area contributed by atoms with Crippen LogP contribution < -0.4 is 10.6 Å². The van der Waals surface area contributed by atoms with Gasteiger partial charge in [-0.25, -0.2) is 0 Å². The highest BCUT2D eigenvalue weighted by atomic mass is 16.5. The van der Waals surface area contributed by atoms with Crippen molar-refractivity contribution < 1.29 is 4.74 Å². The van der Waals surface area contributed by atoms with Gasteiger partial charge in [-0.1, -0.05) is 13.8 Å². The van der Waals surface area contributed by atoms with Gasteiger partial charge in [0.25, 0.3) is 0 Å². The predicted octanol–water partition coefficient (Wildman–Crippen LogP) is 2.86. The third kappa shape index (κ3) is 4.68. The molecule has 0 radical (unpaired) electrons. The van der Waals surface area contributed by atoms with Crippen LogP contribution in [0.15, 0.2) is 4.99 Å². The van der Waals surface area contributed by atoms with Crippen molar-refractivity contribution in [1.82, 2.24) is 15.5 Å². The molecule has 146 valence electrons. The smallest absolute Gasteiger partial charge is 0.191 e. The molecule has 2 rings (SSSR count). The molecule has 0 bridgehead atoms. The van der Waals surface area contributed by atoms with Gasteiger partial charge < -0.3 is 15.4 Å². The zero-order valence-corrected chi connectivity index (χ0v) is 17.4. The van der Waals surface area contributed by atoms with Crippen molar-refractivity contribution >= 4 is 5.96 Å². The van der Waals surface area contributed by atoms with Crippen LogP contribution in [0.4, 0.5) is 0 Å². The quantitative estimate of drug-likeness (QED) is 0.401. The Kier molecular flexibility index (Phi) is 7.15. The minimum absolute atomic E-state index is 0.184. The third-order valence-electron chi connectivity index (χ3n) is 5.91. The molecule has 0 spiro atoms. The summed E-state index contributed by atoms with van der Waals surface area (Å²) >= 11 is 0. The van der Waals surface area contributed by atoms with Crippen molar-refractivity contribution in [3.05, 3.63) is 0 Å². The highest BCUT2D eigenvalue weighted by Crippen LogP contribution is 2.52. The minimum atomic E-state index is 0.184. The van der Waals surface area contributed by atoms with Crippen LogP contribution in [0.2, 0.25) is 0 Å². The zero-order valence-electron chi connectivity index (χ0n) is 17.4. The summed E-state index contributed by atoms with van der Waals surface area (Å²) in [6.07, 6.45) is 2.68. The van der Waals surface area contributed by atoms with E-state index in [4.69, 9.17) is 9.73 Å². The summed E-state index contributed by atoms with van der Waals surface area (Å²) in [5.41, 5.74) is 0.184. The van der Waals surface area contributed by atoms with E-state index in [2.05, 4.69) is 64.0 Å². The topological polar surface area (TPSA) is 48.9 Å². The molecule has 0 aromatic heterocycles. The Labute approximate surface area is 155 Å². The largest absolute Gasteiger partial charge is 0.377 e. The van der Waals surface area contributed by atoms with Crippen molar-refractivity contribution in [2.45, 2.75) is 85.5 Å². The molecule has 1 heterocycles. The zero-order chi connectivity index (χ0) is 18.6. The molecule has 0 aromatic carbocycles. The van der Waals surface area contributed by atoms with Crippen LogP contribution >= 0.6 is 0 Å². The average molecular weight is 353 g/mol. The minimum Gasteiger partial charge on any atom is -0.377 e. The van der Waals surface area contributed by atoms with E-state index < -0.39 is 0 Å². The summed E-state index contributed by atoms with van der Waals surface area (Å²) in [4.78, 5) is 7.37. The molecule has 1 aliphatic heterocycles. The van der Waals surface area contributed by atoms with E-state index in [-0.39, 0.29) is 5.41 Å². The van der Waals surface area contributed by atoms with Crippen LogP contribution in [0.1, 0.15) is 61.3 Å². The summed E-state index contributed by atoms with van der Waals surface area (Å²) in [5, 5.41) is 7.11. The number of fused-ring (bicyclic) bond motifs is 1. The number of guanidine groups is 1. The van der Waals surface area contributed by atoms with Crippen LogP contribution in [0.25, 0.3) is 0 Å². The summed E-state index contributed by atoms with van der Waals surface area (Å²) in [5.74, 6) is 1.60. The first kappa shape index (κ1) is 20.5. The molecule has 2 aliphatic rings. The predicted molar refractivity (Wildman–Crippen MR) is 106 cm³/mol. The van der Waals surface area contributed by atoms with E-state index in [0.717, 1.165) is 38.6 Å². The molecular formula is C20H40N4O. The molecule has 3 unspecified atom stereocenters. The molecule has 25 heavy (non-hydrogen) atoms. The molecule has 1 saturated carbocycles. The van der Waals surface area contributed by atoms with Crippen molar-refractivity contribution in [3.8, 4) is 0 Å². The summed E-state index contributed by atoms with van der Waals surface area (Å²) in [7, 11) is 0. The lowest BCUT2D eigenvalue weighted by Crippen LogP contribution is -2.68. The Morgan fingerprint density at radius 3 is 2.52 bits per heavy atom. The van der Waals surface area contributed by atoms with Gasteiger partial charge in [0.2, 0.25) is 0 Å². The van der Waals surface area contributed by atoms with E-state index in [1.807, 2.05) is 0 Å². The number of ether oxygens (including phenoxy) is 1. The van der Waals surface area contributed by atoms with Crippen molar-refractivity contribution in [1.29, 1.82) is 0 Å². The number of nitrogens with one attached hydrogen (secondary N) is 2.